The Balaban J connectivity index is 2.04. The fourth-order valence-corrected chi connectivity index (χ4v) is 3.88. The summed E-state index contributed by atoms with van der Waals surface area (Å²) in [6.45, 7) is -0.280. The van der Waals surface area contributed by atoms with Crippen LogP contribution >= 0.6 is 0 Å². The smallest absolute Gasteiger partial charge is 0.227 e. The fraction of sp³-hybridized carbons (Fsp3) is 0.250. The standard InChI is InChI=1S/C28H29F2N3O4/c1-33(2)28(36)22(17-32-15-19-9-5-7-11-26(19)35)21(16-31-14-18-8-4-6-10-25(18)34)27-23(29)12-20(37-3)13-24(27)30/h4-15,21-22,34-35H,16-17H2,1-3H3. The van der Waals surface area contributed by atoms with Gasteiger partial charge in [-0.1, -0.05) is 24.3 Å². The summed E-state index contributed by atoms with van der Waals surface area (Å²) >= 11 is 0. The monoisotopic (exact) mass is 509 g/mol. The summed E-state index contributed by atoms with van der Waals surface area (Å²) in [5, 5.41) is 20.0. The fourth-order valence-electron chi connectivity index (χ4n) is 3.88. The maximum absolute atomic E-state index is 15.2. The average molecular weight is 510 g/mol. The summed E-state index contributed by atoms with van der Waals surface area (Å²) in [5.74, 6) is -4.16. The van der Waals surface area contributed by atoms with Crippen molar-refractivity contribution in [1.82, 2.24) is 4.90 Å². The van der Waals surface area contributed by atoms with Crippen LogP contribution < -0.4 is 4.74 Å². The Morgan fingerprint density at radius 1 is 0.919 bits per heavy atom. The molecule has 9 heteroatoms. The number of rotatable bonds is 10. The summed E-state index contributed by atoms with van der Waals surface area (Å²) in [6, 6.07) is 15.2. The normalized spacial score (nSPS) is 13.1. The number of hydrogen-bond donors (Lipinski definition) is 2. The zero-order chi connectivity index (χ0) is 26.9. The molecule has 0 fully saturated rings. The second-order valence-electron chi connectivity index (χ2n) is 8.56. The van der Waals surface area contributed by atoms with E-state index < -0.39 is 29.4 Å². The summed E-state index contributed by atoms with van der Waals surface area (Å²) in [6.07, 6.45) is 2.80. The third-order valence-corrected chi connectivity index (χ3v) is 5.84. The van der Waals surface area contributed by atoms with Gasteiger partial charge < -0.3 is 19.8 Å². The van der Waals surface area contributed by atoms with E-state index >= 15 is 8.78 Å². The molecular weight excluding hydrogens is 480 g/mol. The first-order valence-corrected chi connectivity index (χ1v) is 11.5. The van der Waals surface area contributed by atoms with Crippen LogP contribution in [0.15, 0.2) is 70.6 Å². The van der Waals surface area contributed by atoms with Crippen LogP contribution in [0.3, 0.4) is 0 Å². The first-order chi connectivity index (χ1) is 17.7. The second kappa shape index (κ2) is 12.6. The number of methoxy groups -OCH3 is 1. The number of ether oxygens (including phenoxy) is 1. The Morgan fingerprint density at radius 2 is 1.41 bits per heavy atom. The molecule has 0 saturated carbocycles. The lowest BCUT2D eigenvalue weighted by atomic mass is 9.84. The zero-order valence-corrected chi connectivity index (χ0v) is 20.8. The van der Waals surface area contributed by atoms with Gasteiger partial charge in [-0.05, 0) is 24.3 Å². The third kappa shape index (κ3) is 6.91. The van der Waals surface area contributed by atoms with Crippen LogP contribution in [0.25, 0.3) is 0 Å². The molecule has 1 amide bonds. The average Bonchev–Trinajstić information content (AvgIpc) is 2.87. The number of carbonyl (C=O) groups excluding carboxylic acids is 1. The third-order valence-electron chi connectivity index (χ3n) is 5.84. The molecule has 0 aromatic heterocycles. The number of hydrogen-bond acceptors (Lipinski definition) is 6. The van der Waals surface area contributed by atoms with Crippen molar-refractivity contribution < 1.29 is 28.5 Å². The molecule has 2 atom stereocenters. The summed E-state index contributed by atoms with van der Waals surface area (Å²) in [4.78, 5) is 23.2. The van der Waals surface area contributed by atoms with E-state index in [2.05, 4.69) is 9.98 Å². The van der Waals surface area contributed by atoms with Crippen molar-refractivity contribution in [2.75, 3.05) is 34.3 Å². The molecule has 2 unspecified atom stereocenters. The van der Waals surface area contributed by atoms with Crippen LogP contribution in [0.1, 0.15) is 22.6 Å². The van der Waals surface area contributed by atoms with Crippen LogP contribution in [0.5, 0.6) is 17.2 Å². The summed E-state index contributed by atoms with van der Waals surface area (Å²) < 4.78 is 35.4. The molecule has 0 bridgehead atoms. The first kappa shape index (κ1) is 27.3. The lowest BCUT2D eigenvalue weighted by Gasteiger charge is -2.27. The molecule has 0 saturated heterocycles. The maximum atomic E-state index is 15.2. The number of phenols is 2. The molecule has 194 valence electrons. The van der Waals surface area contributed by atoms with Crippen LogP contribution in [0.2, 0.25) is 0 Å². The SMILES string of the molecule is COc1cc(F)c(C(CN=Cc2ccccc2O)C(CN=Cc2ccccc2O)C(=O)N(C)C)c(F)c1. The number of benzene rings is 3. The molecule has 0 spiro atoms. The number of aromatic hydroxyl groups is 2. The Bertz CT molecular complexity index is 1270. The second-order valence-corrected chi connectivity index (χ2v) is 8.56. The Kier molecular flexibility index (Phi) is 9.32. The minimum Gasteiger partial charge on any atom is -0.507 e. The van der Waals surface area contributed by atoms with Gasteiger partial charge in [0.15, 0.2) is 0 Å². The number of para-hydroxylation sites is 2. The van der Waals surface area contributed by atoms with Crippen molar-refractivity contribution in [1.29, 1.82) is 0 Å². The predicted octanol–water partition coefficient (Wildman–Crippen LogP) is 4.41. The number of nitrogens with zero attached hydrogens (tertiary/aromatic N) is 3. The largest absolute Gasteiger partial charge is 0.507 e. The summed E-state index contributed by atoms with van der Waals surface area (Å²) in [5.41, 5.74) is 0.549. The molecular formula is C28H29F2N3O4. The molecule has 37 heavy (non-hydrogen) atoms. The van der Waals surface area contributed by atoms with Crippen molar-refractivity contribution in [2.45, 2.75) is 5.92 Å². The molecule has 3 rings (SSSR count). The quantitative estimate of drug-likeness (QED) is 0.396. The zero-order valence-electron chi connectivity index (χ0n) is 20.8. The van der Waals surface area contributed by atoms with Crippen LogP contribution in [-0.4, -0.2) is 67.7 Å². The van der Waals surface area contributed by atoms with Crippen molar-refractivity contribution in [3.63, 3.8) is 0 Å². The molecule has 3 aromatic rings. The number of halogens is 2. The number of amides is 1. The van der Waals surface area contributed by atoms with Gasteiger partial charge in [0.25, 0.3) is 0 Å². The molecule has 3 aromatic carbocycles. The van der Waals surface area contributed by atoms with Gasteiger partial charge in [-0.25, -0.2) is 8.78 Å². The highest BCUT2D eigenvalue weighted by molar-refractivity contribution is 5.85. The van der Waals surface area contributed by atoms with Gasteiger partial charge in [-0.15, -0.1) is 0 Å². The number of phenolic OH excluding ortho intramolecular Hbond substituents is 2. The predicted molar refractivity (Wildman–Crippen MR) is 139 cm³/mol. The molecule has 0 aliphatic carbocycles. The minimum atomic E-state index is -1.04. The highest BCUT2D eigenvalue weighted by atomic mass is 19.1. The van der Waals surface area contributed by atoms with Gasteiger partial charge >= 0.3 is 0 Å². The van der Waals surface area contributed by atoms with Crippen molar-refractivity contribution in [3.05, 3.63) is 89.0 Å². The van der Waals surface area contributed by atoms with Crippen molar-refractivity contribution in [3.8, 4) is 17.2 Å². The van der Waals surface area contributed by atoms with Crippen molar-refractivity contribution >= 4 is 18.3 Å². The highest BCUT2D eigenvalue weighted by Crippen LogP contribution is 2.34. The van der Waals surface area contributed by atoms with E-state index in [0.717, 1.165) is 12.1 Å². The van der Waals surface area contributed by atoms with E-state index in [0.29, 0.717) is 11.1 Å². The van der Waals surface area contributed by atoms with Gasteiger partial charge in [0.1, 0.15) is 28.9 Å². The lowest BCUT2D eigenvalue weighted by Crippen LogP contribution is -2.37. The van der Waals surface area contributed by atoms with Gasteiger partial charge in [0.2, 0.25) is 5.91 Å². The highest BCUT2D eigenvalue weighted by Gasteiger charge is 2.34. The maximum Gasteiger partial charge on any atom is 0.227 e. The van der Waals surface area contributed by atoms with Gasteiger partial charge in [-0.2, -0.15) is 0 Å². The Morgan fingerprint density at radius 3 is 1.86 bits per heavy atom. The first-order valence-electron chi connectivity index (χ1n) is 11.5. The van der Waals surface area contributed by atoms with Gasteiger partial charge in [0, 0.05) is 67.8 Å². The van der Waals surface area contributed by atoms with E-state index in [1.54, 1.807) is 50.5 Å². The molecule has 0 aliphatic rings. The van der Waals surface area contributed by atoms with E-state index in [1.165, 1.54) is 36.6 Å². The van der Waals surface area contributed by atoms with Crippen LogP contribution in [0.4, 0.5) is 8.78 Å². The molecule has 0 aliphatic heterocycles. The van der Waals surface area contributed by atoms with E-state index in [9.17, 15) is 15.0 Å². The Hall–Kier alpha value is -4.27. The topological polar surface area (TPSA) is 94.7 Å². The molecule has 0 heterocycles. The number of carbonyl (C=O) groups is 1. The van der Waals surface area contributed by atoms with E-state index in [4.69, 9.17) is 4.74 Å². The lowest BCUT2D eigenvalue weighted by molar-refractivity contribution is -0.133. The van der Waals surface area contributed by atoms with Gasteiger partial charge in [-0.3, -0.25) is 14.8 Å². The molecule has 2 N–H and O–H groups in total. The Labute approximate surface area is 214 Å². The molecule has 7 nitrogen and oxygen atoms in total. The number of aliphatic imine (C=N–C) groups is 2. The van der Waals surface area contributed by atoms with Crippen molar-refractivity contribution in [2.24, 2.45) is 15.9 Å². The summed E-state index contributed by atoms with van der Waals surface area (Å²) in [7, 11) is 4.39. The minimum absolute atomic E-state index is 0.00204. The van der Waals surface area contributed by atoms with Gasteiger partial charge in [0.05, 0.1) is 19.6 Å². The van der Waals surface area contributed by atoms with Crippen LogP contribution in [-0.2, 0) is 4.79 Å². The molecule has 0 radical (unpaired) electrons. The van der Waals surface area contributed by atoms with E-state index in [-0.39, 0.29) is 35.9 Å². The van der Waals surface area contributed by atoms with E-state index in [1.807, 2.05) is 0 Å². The van der Waals surface area contributed by atoms with Crippen LogP contribution in [0, 0.1) is 17.6 Å².